The molecule has 0 N–H and O–H groups in total. The number of rotatable bonds is 4. The van der Waals surface area contributed by atoms with Crippen molar-refractivity contribution in [3.63, 3.8) is 0 Å². The van der Waals surface area contributed by atoms with E-state index in [1.54, 1.807) is 31.4 Å². The van der Waals surface area contributed by atoms with Crippen molar-refractivity contribution in [1.82, 2.24) is 0 Å². The van der Waals surface area contributed by atoms with Gasteiger partial charge in [-0.1, -0.05) is 36.4 Å². The first-order valence-corrected chi connectivity index (χ1v) is 6.61. The maximum atomic E-state index is 12.0. The Morgan fingerprint density at radius 3 is 2.58 bits per heavy atom. The molecule has 2 rings (SSSR count). The fraction of sp³-hybridized carbons (Fsp3) is 0.0625. The van der Waals surface area contributed by atoms with Crippen LogP contribution in [0.15, 0.2) is 59.1 Å². The fourth-order valence-electron chi connectivity index (χ4n) is 1.65. The van der Waals surface area contributed by atoms with Crippen molar-refractivity contribution in [2.24, 2.45) is 0 Å². The van der Waals surface area contributed by atoms with Crippen molar-refractivity contribution in [3.8, 4) is 5.75 Å². The zero-order chi connectivity index (χ0) is 13.7. The SMILES string of the molecule is COc1cc(C(=O)C=Cc2ccccc2)ccc1Br. The number of benzene rings is 2. The van der Waals surface area contributed by atoms with E-state index in [0.717, 1.165) is 10.0 Å². The Balaban J connectivity index is 2.18. The number of hydrogen-bond acceptors (Lipinski definition) is 2. The summed E-state index contributed by atoms with van der Waals surface area (Å²) in [5.41, 5.74) is 1.60. The molecule has 0 aliphatic carbocycles. The van der Waals surface area contributed by atoms with Gasteiger partial charge in [-0.25, -0.2) is 0 Å². The Morgan fingerprint density at radius 1 is 1.16 bits per heavy atom. The molecule has 0 spiro atoms. The largest absolute Gasteiger partial charge is 0.496 e. The lowest BCUT2D eigenvalue weighted by Crippen LogP contribution is -1.95. The van der Waals surface area contributed by atoms with Crippen molar-refractivity contribution in [2.75, 3.05) is 7.11 Å². The van der Waals surface area contributed by atoms with Crippen LogP contribution in [0.4, 0.5) is 0 Å². The normalized spacial score (nSPS) is 10.6. The Morgan fingerprint density at radius 2 is 1.89 bits per heavy atom. The summed E-state index contributed by atoms with van der Waals surface area (Å²) in [6.07, 6.45) is 3.37. The van der Waals surface area contributed by atoms with Gasteiger partial charge in [0.25, 0.3) is 0 Å². The number of carbonyl (C=O) groups is 1. The lowest BCUT2D eigenvalue weighted by molar-refractivity contribution is 0.104. The zero-order valence-corrected chi connectivity index (χ0v) is 12.1. The smallest absolute Gasteiger partial charge is 0.185 e. The maximum Gasteiger partial charge on any atom is 0.185 e. The predicted molar refractivity (Wildman–Crippen MR) is 80.5 cm³/mol. The average Bonchev–Trinajstić information content (AvgIpc) is 2.46. The monoisotopic (exact) mass is 316 g/mol. The summed E-state index contributed by atoms with van der Waals surface area (Å²) in [6.45, 7) is 0. The van der Waals surface area contributed by atoms with Crippen molar-refractivity contribution >= 4 is 27.8 Å². The van der Waals surface area contributed by atoms with Gasteiger partial charge >= 0.3 is 0 Å². The first kappa shape index (κ1) is 13.6. The van der Waals surface area contributed by atoms with E-state index in [-0.39, 0.29) is 5.78 Å². The molecule has 0 bridgehead atoms. The van der Waals surface area contributed by atoms with Crippen LogP contribution in [-0.2, 0) is 0 Å². The standard InChI is InChI=1S/C16H13BrO2/c1-19-16-11-13(8-9-14(16)17)15(18)10-7-12-5-3-2-4-6-12/h2-11H,1H3. The molecule has 2 aromatic carbocycles. The van der Waals surface area contributed by atoms with Crippen LogP contribution in [0.5, 0.6) is 5.75 Å². The topological polar surface area (TPSA) is 26.3 Å². The number of methoxy groups -OCH3 is 1. The van der Waals surface area contributed by atoms with E-state index in [1.165, 1.54) is 0 Å². The quantitative estimate of drug-likeness (QED) is 0.619. The lowest BCUT2D eigenvalue weighted by atomic mass is 10.1. The highest BCUT2D eigenvalue weighted by Gasteiger charge is 2.06. The fourth-order valence-corrected chi connectivity index (χ4v) is 2.05. The summed E-state index contributed by atoms with van der Waals surface area (Å²) in [4.78, 5) is 12.0. The van der Waals surface area contributed by atoms with Crippen molar-refractivity contribution in [3.05, 3.63) is 70.2 Å². The molecule has 0 saturated carbocycles. The second kappa shape index (κ2) is 6.34. The van der Waals surface area contributed by atoms with Gasteiger partial charge in [0.1, 0.15) is 5.75 Å². The number of ether oxygens (including phenoxy) is 1. The molecule has 0 heterocycles. The van der Waals surface area contributed by atoms with E-state index in [1.807, 2.05) is 36.4 Å². The molecule has 0 aliphatic rings. The van der Waals surface area contributed by atoms with Crippen molar-refractivity contribution < 1.29 is 9.53 Å². The Labute approximate surface area is 120 Å². The zero-order valence-electron chi connectivity index (χ0n) is 10.5. The van der Waals surface area contributed by atoms with Gasteiger partial charge in [0.15, 0.2) is 5.78 Å². The summed E-state index contributed by atoms with van der Waals surface area (Å²) >= 11 is 3.36. The van der Waals surface area contributed by atoms with Crippen LogP contribution in [0.2, 0.25) is 0 Å². The highest BCUT2D eigenvalue weighted by Crippen LogP contribution is 2.25. The van der Waals surface area contributed by atoms with Gasteiger partial charge in [0.05, 0.1) is 11.6 Å². The lowest BCUT2D eigenvalue weighted by Gasteiger charge is -2.04. The molecule has 0 saturated heterocycles. The van der Waals surface area contributed by atoms with E-state index >= 15 is 0 Å². The second-order valence-corrected chi connectivity index (χ2v) is 4.81. The van der Waals surface area contributed by atoms with Crippen LogP contribution in [0, 0.1) is 0 Å². The highest BCUT2D eigenvalue weighted by molar-refractivity contribution is 9.10. The molecule has 0 amide bonds. The van der Waals surface area contributed by atoms with Gasteiger partial charge in [-0.15, -0.1) is 0 Å². The Bertz CT molecular complexity index is 603. The van der Waals surface area contributed by atoms with Gasteiger partial charge in [-0.2, -0.15) is 0 Å². The summed E-state index contributed by atoms with van der Waals surface area (Å²) in [7, 11) is 1.58. The molecule has 19 heavy (non-hydrogen) atoms. The molecule has 0 atom stereocenters. The van der Waals surface area contributed by atoms with Gasteiger partial charge in [-0.05, 0) is 45.8 Å². The number of halogens is 1. The van der Waals surface area contributed by atoms with Gasteiger partial charge < -0.3 is 4.74 Å². The molecule has 0 radical (unpaired) electrons. The van der Waals surface area contributed by atoms with Crippen molar-refractivity contribution in [2.45, 2.75) is 0 Å². The molecular formula is C16H13BrO2. The molecule has 0 fully saturated rings. The minimum atomic E-state index is -0.0466. The van der Waals surface area contributed by atoms with E-state index in [9.17, 15) is 4.79 Å². The van der Waals surface area contributed by atoms with Crippen LogP contribution >= 0.6 is 15.9 Å². The Hall–Kier alpha value is -1.87. The molecule has 0 aliphatic heterocycles. The van der Waals surface area contributed by atoms with E-state index < -0.39 is 0 Å². The molecular weight excluding hydrogens is 304 g/mol. The predicted octanol–water partition coefficient (Wildman–Crippen LogP) is 4.35. The van der Waals surface area contributed by atoms with Crippen LogP contribution < -0.4 is 4.74 Å². The third-order valence-electron chi connectivity index (χ3n) is 2.66. The van der Waals surface area contributed by atoms with E-state index in [2.05, 4.69) is 15.9 Å². The van der Waals surface area contributed by atoms with Crippen LogP contribution in [-0.4, -0.2) is 12.9 Å². The maximum absolute atomic E-state index is 12.0. The number of ketones is 1. The molecule has 0 unspecified atom stereocenters. The first-order chi connectivity index (χ1) is 9.20. The second-order valence-electron chi connectivity index (χ2n) is 3.96. The van der Waals surface area contributed by atoms with Crippen LogP contribution in [0.25, 0.3) is 6.08 Å². The molecule has 96 valence electrons. The summed E-state index contributed by atoms with van der Waals surface area (Å²) in [5.74, 6) is 0.605. The van der Waals surface area contributed by atoms with Gasteiger partial charge in [-0.3, -0.25) is 4.79 Å². The summed E-state index contributed by atoms with van der Waals surface area (Å²) in [6, 6.07) is 15.0. The van der Waals surface area contributed by atoms with Gasteiger partial charge in [0.2, 0.25) is 0 Å². The highest BCUT2D eigenvalue weighted by atomic mass is 79.9. The van der Waals surface area contributed by atoms with Gasteiger partial charge in [0, 0.05) is 5.56 Å². The van der Waals surface area contributed by atoms with Crippen LogP contribution in [0.1, 0.15) is 15.9 Å². The average molecular weight is 317 g/mol. The molecule has 0 aromatic heterocycles. The molecule has 3 heteroatoms. The molecule has 2 aromatic rings. The molecule has 2 nitrogen and oxygen atoms in total. The van der Waals surface area contributed by atoms with Crippen molar-refractivity contribution in [1.29, 1.82) is 0 Å². The number of hydrogen-bond donors (Lipinski definition) is 0. The van der Waals surface area contributed by atoms with E-state index in [0.29, 0.717) is 11.3 Å². The Kier molecular flexibility index (Phi) is 4.53. The van der Waals surface area contributed by atoms with Crippen LogP contribution in [0.3, 0.4) is 0 Å². The third-order valence-corrected chi connectivity index (χ3v) is 3.32. The number of allylic oxidation sites excluding steroid dienone is 1. The first-order valence-electron chi connectivity index (χ1n) is 5.81. The minimum Gasteiger partial charge on any atom is -0.496 e. The summed E-state index contributed by atoms with van der Waals surface area (Å²) in [5, 5.41) is 0. The third kappa shape index (κ3) is 3.55. The minimum absolute atomic E-state index is 0.0466. The summed E-state index contributed by atoms with van der Waals surface area (Å²) < 4.78 is 6.01. The van der Waals surface area contributed by atoms with E-state index in [4.69, 9.17) is 4.74 Å². The number of carbonyl (C=O) groups excluding carboxylic acids is 1.